The number of benzene rings is 2. The van der Waals surface area contributed by atoms with Crippen molar-refractivity contribution in [2.75, 3.05) is 5.32 Å². The van der Waals surface area contributed by atoms with Gasteiger partial charge in [-0.3, -0.25) is 13.8 Å². The maximum atomic E-state index is 12.4. The van der Waals surface area contributed by atoms with Crippen LogP contribution in [0.5, 0.6) is 0 Å². The largest absolute Gasteiger partial charge is 0.481 e. The number of hydrogen-bond donors (Lipinski definition) is 2. The van der Waals surface area contributed by atoms with Crippen molar-refractivity contribution in [1.29, 1.82) is 0 Å². The summed E-state index contributed by atoms with van der Waals surface area (Å²) in [5.74, 6) is -0.613. The van der Waals surface area contributed by atoms with E-state index in [9.17, 15) is 13.8 Å². The molecular formula is C19H21NO4S. The Kier molecular flexibility index (Phi) is 7.35. The predicted molar refractivity (Wildman–Crippen MR) is 97.7 cm³/mol. The summed E-state index contributed by atoms with van der Waals surface area (Å²) in [6.07, 6.45) is 1.39. The van der Waals surface area contributed by atoms with Gasteiger partial charge in [-0.25, -0.2) is 0 Å². The lowest BCUT2D eigenvalue weighted by molar-refractivity contribution is -0.137. The number of aliphatic carboxylic acids is 1. The van der Waals surface area contributed by atoms with E-state index in [1.807, 2.05) is 48.5 Å². The second-order valence-corrected chi connectivity index (χ2v) is 7.10. The molecule has 0 aliphatic carbocycles. The summed E-state index contributed by atoms with van der Waals surface area (Å²) in [5.41, 5.74) is 1.54. The first kappa shape index (κ1) is 18.9. The van der Waals surface area contributed by atoms with Crippen molar-refractivity contribution < 1.29 is 18.9 Å². The second-order valence-electron chi connectivity index (χ2n) is 5.65. The van der Waals surface area contributed by atoms with Crippen molar-refractivity contribution >= 4 is 28.4 Å². The number of hydrogen-bond acceptors (Lipinski definition) is 3. The third-order valence-corrected chi connectivity index (χ3v) is 4.95. The van der Waals surface area contributed by atoms with Gasteiger partial charge in [0.05, 0.1) is 16.6 Å². The first-order chi connectivity index (χ1) is 12.0. The summed E-state index contributed by atoms with van der Waals surface area (Å²) in [4.78, 5) is 23.1. The standard InChI is InChI=1S/C19H21NO4S/c21-18(11-4-5-12-19(22)23)20-16-8-6-7-15(13-16)14-25(24)17-9-2-1-3-10-17/h1-3,6-10,13H,4-5,11-12,14H2,(H,20,21)(H,22,23). The van der Waals surface area contributed by atoms with E-state index in [0.29, 0.717) is 24.3 Å². The van der Waals surface area contributed by atoms with E-state index in [1.165, 1.54) is 0 Å². The van der Waals surface area contributed by atoms with Gasteiger partial charge in [-0.15, -0.1) is 0 Å². The Balaban J connectivity index is 1.87. The molecule has 0 aliphatic heterocycles. The van der Waals surface area contributed by atoms with Gasteiger partial charge in [0.15, 0.2) is 0 Å². The van der Waals surface area contributed by atoms with E-state index in [4.69, 9.17) is 5.11 Å². The number of nitrogens with one attached hydrogen (secondary N) is 1. The smallest absolute Gasteiger partial charge is 0.303 e. The van der Waals surface area contributed by atoms with Crippen molar-refractivity contribution in [2.24, 2.45) is 0 Å². The second kappa shape index (κ2) is 9.74. The molecule has 2 aromatic rings. The van der Waals surface area contributed by atoms with Crippen LogP contribution in [0.1, 0.15) is 31.2 Å². The molecule has 0 heterocycles. The Hall–Kier alpha value is -2.47. The van der Waals surface area contributed by atoms with Crippen LogP contribution < -0.4 is 5.32 Å². The number of unbranched alkanes of at least 4 members (excludes halogenated alkanes) is 1. The molecule has 132 valence electrons. The van der Waals surface area contributed by atoms with Gasteiger partial charge in [-0.05, 0) is 42.7 Å². The highest BCUT2D eigenvalue weighted by atomic mass is 32.2. The lowest BCUT2D eigenvalue weighted by atomic mass is 10.2. The van der Waals surface area contributed by atoms with Crippen molar-refractivity contribution in [1.82, 2.24) is 0 Å². The molecule has 0 saturated heterocycles. The van der Waals surface area contributed by atoms with E-state index in [2.05, 4.69) is 5.32 Å². The summed E-state index contributed by atoms with van der Waals surface area (Å²) in [6, 6.07) is 16.6. The minimum atomic E-state index is -1.13. The maximum Gasteiger partial charge on any atom is 0.303 e. The van der Waals surface area contributed by atoms with E-state index in [0.717, 1.165) is 10.5 Å². The van der Waals surface area contributed by atoms with Gasteiger partial charge in [-0.2, -0.15) is 0 Å². The van der Waals surface area contributed by atoms with Crippen LogP contribution in [0, 0.1) is 0 Å². The molecule has 25 heavy (non-hydrogen) atoms. The van der Waals surface area contributed by atoms with Crippen LogP contribution in [-0.4, -0.2) is 21.2 Å². The van der Waals surface area contributed by atoms with E-state index in [-0.39, 0.29) is 18.7 Å². The van der Waals surface area contributed by atoms with Crippen LogP contribution in [0.3, 0.4) is 0 Å². The molecule has 0 saturated carbocycles. The van der Waals surface area contributed by atoms with E-state index < -0.39 is 16.8 Å². The molecule has 0 aliphatic rings. The molecule has 0 bridgehead atoms. The molecule has 6 heteroatoms. The van der Waals surface area contributed by atoms with Gasteiger partial charge in [0, 0.05) is 23.4 Å². The van der Waals surface area contributed by atoms with Crippen molar-refractivity contribution in [3.63, 3.8) is 0 Å². The van der Waals surface area contributed by atoms with Gasteiger partial charge in [0.25, 0.3) is 0 Å². The Labute approximate surface area is 149 Å². The highest BCUT2D eigenvalue weighted by molar-refractivity contribution is 7.84. The SMILES string of the molecule is O=C(O)CCCCC(=O)Nc1cccc(CS(=O)c2ccccc2)c1. The number of carboxylic acid groups (broad SMARTS) is 1. The molecule has 2 aromatic carbocycles. The Morgan fingerprint density at radius 1 is 0.960 bits per heavy atom. The molecule has 0 spiro atoms. The minimum absolute atomic E-state index is 0.0774. The zero-order valence-corrected chi connectivity index (χ0v) is 14.6. The van der Waals surface area contributed by atoms with Crippen LogP contribution in [0.2, 0.25) is 0 Å². The number of carbonyl (C=O) groups is 2. The third kappa shape index (κ3) is 6.89. The summed E-state index contributed by atoms with van der Waals surface area (Å²) in [5, 5.41) is 11.4. The van der Waals surface area contributed by atoms with Crippen molar-refractivity contribution in [3.05, 3.63) is 60.2 Å². The Morgan fingerprint density at radius 2 is 1.68 bits per heavy atom. The maximum absolute atomic E-state index is 12.4. The molecule has 1 amide bonds. The topological polar surface area (TPSA) is 83.5 Å². The lowest BCUT2D eigenvalue weighted by Gasteiger charge is -2.08. The number of carbonyl (C=O) groups excluding carboxylic acids is 1. The van der Waals surface area contributed by atoms with Crippen molar-refractivity contribution in [2.45, 2.75) is 36.3 Å². The first-order valence-corrected chi connectivity index (χ1v) is 9.40. The molecule has 5 nitrogen and oxygen atoms in total. The molecule has 0 radical (unpaired) electrons. The fourth-order valence-corrected chi connectivity index (χ4v) is 3.44. The van der Waals surface area contributed by atoms with Gasteiger partial charge < -0.3 is 10.4 Å². The number of carboxylic acids is 1. The molecule has 2 N–H and O–H groups in total. The third-order valence-electron chi connectivity index (χ3n) is 3.56. The average Bonchev–Trinajstić information content (AvgIpc) is 2.59. The molecule has 1 unspecified atom stereocenters. The molecular weight excluding hydrogens is 338 g/mol. The summed E-state index contributed by atoms with van der Waals surface area (Å²) in [7, 11) is -1.13. The fraction of sp³-hybridized carbons (Fsp3) is 0.263. The summed E-state index contributed by atoms with van der Waals surface area (Å²) < 4.78 is 12.4. The van der Waals surface area contributed by atoms with E-state index >= 15 is 0 Å². The van der Waals surface area contributed by atoms with Gasteiger partial charge >= 0.3 is 5.97 Å². The van der Waals surface area contributed by atoms with Crippen molar-refractivity contribution in [3.8, 4) is 0 Å². The minimum Gasteiger partial charge on any atom is -0.481 e. The quantitative estimate of drug-likeness (QED) is 0.670. The Morgan fingerprint density at radius 3 is 2.40 bits per heavy atom. The zero-order chi connectivity index (χ0) is 18.1. The monoisotopic (exact) mass is 359 g/mol. The number of amides is 1. The normalized spacial score (nSPS) is 11.7. The molecule has 1 atom stereocenters. The lowest BCUT2D eigenvalue weighted by Crippen LogP contribution is -2.11. The van der Waals surface area contributed by atoms with Crippen LogP contribution >= 0.6 is 0 Å². The number of anilines is 1. The zero-order valence-electron chi connectivity index (χ0n) is 13.8. The number of rotatable bonds is 9. The van der Waals surface area contributed by atoms with E-state index in [1.54, 1.807) is 6.07 Å². The molecule has 0 aromatic heterocycles. The van der Waals surface area contributed by atoms with Gasteiger partial charge in [0.1, 0.15) is 0 Å². The van der Waals surface area contributed by atoms with Crippen LogP contribution in [-0.2, 0) is 26.1 Å². The van der Waals surface area contributed by atoms with Crippen LogP contribution in [0.15, 0.2) is 59.5 Å². The van der Waals surface area contributed by atoms with Crippen LogP contribution in [0.4, 0.5) is 5.69 Å². The highest BCUT2D eigenvalue weighted by Crippen LogP contribution is 2.16. The average molecular weight is 359 g/mol. The predicted octanol–water partition coefficient (Wildman–Crippen LogP) is 3.58. The van der Waals surface area contributed by atoms with Gasteiger partial charge in [0.2, 0.25) is 5.91 Å². The fourth-order valence-electron chi connectivity index (χ4n) is 2.33. The molecule has 2 rings (SSSR count). The summed E-state index contributed by atoms with van der Waals surface area (Å²) in [6.45, 7) is 0. The highest BCUT2D eigenvalue weighted by Gasteiger charge is 2.07. The van der Waals surface area contributed by atoms with Gasteiger partial charge in [-0.1, -0.05) is 30.3 Å². The Bertz CT molecular complexity index is 746. The first-order valence-electron chi connectivity index (χ1n) is 8.08. The molecule has 0 fully saturated rings. The van der Waals surface area contributed by atoms with Crippen LogP contribution in [0.25, 0.3) is 0 Å². The summed E-state index contributed by atoms with van der Waals surface area (Å²) >= 11 is 0.